The van der Waals surface area contributed by atoms with Crippen molar-refractivity contribution in [2.45, 2.75) is 13.8 Å². The Kier molecular flexibility index (Phi) is 4.67. The van der Waals surface area contributed by atoms with Crippen molar-refractivity contribution >= 4 is 40.9 Å². The third-order valence-electron chi connectivity index (χ3n) is 3.68. The van der Waals surface area contributed by atoms with Gasteiger partial charge in [0.2, 0.25) is 0 Å². The summed E-state index contributed by atoms with van der Waals surface area (Å²) in [5.74, 6) is -0.976. The van der Waals surface area contributed by atoms with E-state index in [1.807, 2.05) is 25.3 Å². The molecular formula is C18H16N2O4S. The molecule has 128 valence electrons. The summed E-state index contributed by atoms with van der Waals surface area (Å²) >= 11 is 1.42. The first-order chi connectivity index (χ1) is 12.0. The number of aryl methyl sites for hydroxylation is 1. The Morgan fingerprint density at radius 1 is 1.20 bits per heavy atom. The van der Waals surface area contributed by atoms with Gasteiger partial charge in [-0.1, -0.05) is 12.1 Å². The van der Waals surface area contributed by atoms with Crippen molar-refractivity contribution in [3.8, 4) is 5.75 Å². The second-order valence-corrected chi connectivity index (χ2v) is 6.27. The fourth-order valence-electron chi connectivity index (χ4n) is 2.46. The lowest BCUT2D eigenvalue weighted by Gasteiger charge is -2.27. The molecule has 6 nitrogen and oxygen atoms in total. The van der Waals surface area contributed by atoms with E-state index in [4.69, 9.17) is 4.74 Å². The SMILES string of the molecule is CCOc1ccccc1N1C(=O)NC(=O)/C(=C\c2sccc2C)C1=O. The first-order valence-corrected chi connectivity index (χ1v) is 8.58. The van der Waals surface area contributed by atoms with Crippen molar-refractivity contribution in [3.05, 3.63) is 51.7 Å². The highest BCUT2D eigenvalue weighted by Crippen LogP contribution is 2.31. The Bertz CT molecular complexity index is 885. The summed E-state index contributed by atoms with van der Waals surface area (Å²) in [5, 5.41) is 4.09. The van der Waals surface area contributed by atoms with E-state index in [1.54, 1.807) is 24.3 Å². The van der Waals surface area contributed by atoms with Crippen molar-refractivity contribution in [3.63, 3.8) is 0 Å². The van der Waals surface area contributed by atoms with E-state index in [0.29, 0.717) is 18.0 Å². The van der Waals surface area contributed by atoms with Crippen molar-refractivity contribution < 1.29 is 19.1 Å². The molecule has 1 aliphatic heterocycles. The van der Waals surface area contributed by atoms with Crippen LogP contribution in [0.3, 0.4) is 0 Å². The van der Waals surface area contributed by atoms with E-state index in [0.717, 1.165) is 15.3 Å². The maximum Gasteiger partial charge on any atom is 0.336 e. The van der Waals surface area contributed by atoms with Crippen LogP contribution in [0.1, 0.15) is 17.4 Å². The summed E-state index contributed by atoms with van der Waals surface area (Å²) in [5.41, 5.74) is 1.17. The molecule has 3 rings (SSSR count). The smallest absolute Gasteiger partial charge is 0.336 e. The summed E-state index contributed by atoms with van der Waals surface area (Å²) in [7, 11) is 0. The maximum absolute atomic E-state index is 12.9. The molecule has 0 aliphatic carbocycles. The van der Waals surface area contributed by atoms with Crippen molar-refractivity contribution in [2.24, 2.45) is 0 Å². The average Bonchev–Trinajstić information content (AvgIpc) is 2.98. The normalized spacial score (nSPS) is 16.3. The number of carbonyl (C=O) groups is 3. The van der Waals surface area contributed by atoms with Gasteiger partial charge >= 0.3 is 6.03 Å². The van der Waals surface area contributed by atoms with E-state index in [1.165, 1.54) is 17.4 Å². The van der Waals surface area contributed by atoms with Gasteiger partial charge in [0.1, 0.15) is 11.3 Å². The number of thiophene rings is 1. The molecule has 1 aromatic carbocycles. The van der Waals surface area contributed by atoms with Crippen molar-refractivity contribution in [1.29, 1.82) is 0 Å². The number of carbonyl (C=O) groups excluding carboxylic acids is 3. The molecule has 0 radical (unpaired) electrons. The molecule has 1 N–H and O–H groups in total. The number of ether oxygens (including phenoxy) is 1. The van der Waals surface area contributed by atoms with Crippen LogP contribution in [-0.4, -0.2) is 24.5 Å². The molecule has 2 heterocycles. The number of nitrogens with zero attached hydrogens (tertiary/aromatic N) is 1. The second kappa shape index (κ2) is 6.90. The van der Waals surface area contributed by atoms with E-state index >= 15 is 0 Å². The van der Waals surface area contributed by atoms with Crippen LogP contribution in [0.2, 0.25) is 0 Å². The molecule has 1 aliphatic rings. The van der Waals surface area contributed by atoms with Crippen LogP contribution in [0, 0.1) is 6.92 Å². The number of nitrogens with one attached hydrogen (secondary N) is 1. The van der Waals surface area contributed by atoms with Gasteiger partial charge in [-0.05, 0) is 49.1 Å². The number of anilines is 1. The molecule has 1 saturated heterocycles. The van der Waals surface area contributed by atoms with Gasteiger partial charge in [0.15, 0.2) is 0 Å². The van der Waals surface area contributed by atoms with Gasteiger partial charge in [-0.25, -0.2) is 9.69 Å². The first kappa shape index (κ1) is 16.9. The minimum atomic E-state index is -0.790. The molecule has 1 aromatic heterocycles. The molecule has 0 atom stereocenters. The van der Waals surface area contributed by atoms with Crippen molar-refractivity contribution in [2.75, 3.05) is 11.5 Å². The summed E-state index contributed by atoms with van der Waals surface area (Å²) in [6.45, 7) is 4.08. The fourth-order valence-corrected chi connectivity index (χ4v) is 3.32. The van der Waals surface area contributed by atoms with Gasteiger partial charge in [0, 0.05) is 4.88 Å². The molecule has 2 aromatic rings. The average molecular weight is 356 g/mol. The maximum atomic E-state index is 12.9. The molecular weight excluding hydrogens is 340 g/mol. The Morgan fingerprint density at radius 2 is 1.96 bits per heavy atom. The van der Waals surface area contributed by atoms with Crippen molar-refractivity contribution in [1.82, 2.24) is 5.32 Å². The molecule has 4 amide bonds. The monoisotopic (exact) mass is 356 g/mol. The van der Waals surface area contributed by atoms with Crippen LogP contribution >= 0.6 is 11.3 Å². The lowest BCUT2D eigenvalue weighted by atomic mass is 10.1. The highest BCUT2D eigenvalue weighted by atomic mass is 32.1. The lowest BCUT2D eigenvalue weighted by molar-refractivity contribution is -0.122. The number of hydrogen-bond acceptors (Lipinski definition) is 5. The molecule has 0 spiro atoms. The van der Waals surface area contributed by atoms with E-state index in [-0.39, 0.29) is 5.57 Å². The minimum absolute atomic E-state index is 0.0866. The second-order valence-electron chi connectivity index (χ2n) is 5.33. The van der Waals surface area contributed by atoms with Gasteiger partial charge in [0.05, 0.1) is 12.3 Å². The number of rotatable bonds is 4. The molecule has 25 heavy (non-hydrogen) atoms. The zero-order valence-corrected chi connectivity index (χ0v) is 14.6. The van der Waals surface area contributed by atoms with Crippen LogP contribution < -0.4 is 15.0 Å². The number of imide groups is 2. The molecule has 0 unspecified atom stereocenters. The van der Waals surface area contributed by atoms with Gasteiger partial charge in [-0.15, -0.1) is 11.3 Å². The van der Waals surface area contributed by atoms with Crippen LogP contribution in [0.25, 0.3) is 6.08 Å². The first-order valence-electron chi connectivity index (χ1n) is 7.70. The van der Waals surface area contributed by atoms with E-state index in [2.05, 4.69) is 5.32 Å². The minimum Gasteiger partial charge on any atom is -0.492 e. The van der Waals surface area contributed by atoms with Crippen LogP contribution in [-0.2, 0) is 9.59 Å². The Hall–Kier alpha value is -2.93. The standard InChI is InChI=1S/C18H16N2O4S/c1-3-24-14-7-5-4-6-13(14)20-17(22)12(16(21)19-18(20)23)10-15-11(2)8-9-25-15/h4-10H,3H2,1-2H3,(H,19,21,23)/b12-10+. The van der Waals surface area contributed by atoms with E-state index < -0.39 is 17.8 Å². The number of amides is 4. The quantitative estimate of drug-likeness (QED) is 0.675. The van der Waals surface area contributed by atoms with Gasteiger partial charge in [0.25, 0.3) is 11.8 Å². The van der Waals surface area contributed by atoms with Gasteiger partial charge in [-0.2, -0.15) is 0 Å². The fraction of sp³-hybridized carbons (Fsp3) is 0.167. The highest BCUT2D eigenvalue weighted by Gasteiger charge is 2.38. The number of para-hydroxylation sites is 2. The summed E-state index contributed by atoms with van der Waals surface area (Å²) in [6, 6.07) is 7.83. The third-order valence-corrected chi connectivity index (χ3v) is 4.65. The topological polar surface area (TPSA) is 75.7 Å². The molecule has 1 fully saturated rings. The molecule has 0 saturated carbocycles. The zero-order valence-electron chi connectivity index (χ0n) is 13.7. The van der Waals surface area contributed by atoms with Crippen LogP contribution in [0.4, 0.5) is 10.5 Å². The summed E-state index contributed by atoms with van der Waals surface area (Å²) in [4.78, 5) is 39.0. The van der Waals surface area contributed by atoms with Gasteiger partial charge < -0.3 is 4.74 Å². The number of hydrogen-bond donors (Lipinski definition) is 1. The Morgan fingerprint density at radius 3 is 2.64 bits per heavy atom. The third kappa shape index (κ3) is 3.18. The number of barbiturate groups is 1. The largest absolute Gasteiger partial charge is 0.492 e. The highest BCUT2D eigenvalue weighted by molar-refractivity contribution is 7.11. The molecule has 0 bridgehead atoms. The van der Waals surface area contributed by atoms with Crippen LogP contribution in [0.15, 0.2) is 41.3 Å². The Labute approximate surface area is 148 Å². The predicted molar refractivity (Wildman–Crippen MR) is 95.7 cm³/mol. The van der Waals surface area contributed by atoms with E-state index in [9.17, 15) is 14.4 Å². The lowest BCUT2D eigenvalue weighted by Crippen LogP contribution is -2.54. The predicted octanol–water partition coefficient (Wildman–Crippen LogP) is 3.12. The van der Waals surface area contributed by atoms with Gasteiger partial charge in [-0.3, -0.25) is 14.9 Å². The summed E-state index contributed by atoms with van der Waals surface area (Å²) in [6.07, 6.45) is 1.51. The van der Waals surface area contributed by atoms with Crippen LogP contribution in [0.5, 0.6) is 5.75 Å². The number of urea groups is 1. The summed E-state index contributed by atoms with van der Waals surface area (Å²) < 4.78 is 5.50. The number of benzene rings is 1. The Balaban J connectivity index is 2.05. The molecule has 7 heteroatoms. The zero-order chi connectivity index (χ0) is 18.0.